The van der Waals surface area contributed by atoms with Gasteiger partial charge in [0.1, 0.15) is 5.84 Å². The van der Waals surface area contributed by atoms with Crippen molar-refractivity contribution in [2.24, 2.45) is 4.99 Å². The lowest BCUT2D eigenvalue weighted by atomic mass is 10.0. The number of aryl methyl sites for hydroxylation is 1. The standard InChI is InChI=1S/C18H15Cl2N3/c1-10-8-11(19)9-13-15(18-21-6-7-22-18)17(23-16(10)13)12-4-2-3-5-14(12)20/h2-5,8-9,23H,6-7H2,1H3,(H,21,22). The molecule has 0 fully saturated rings. The smallest absolute Gasteiger partial charge is 0.131 e. The van der Waals surface area contributed by atoms with Crippen LogP contribution in [0, 0.1) is 6.92 Å². The van der Waals surface area contributed by atoms with Crippen molar-refractivity contribution in [3.8, 4) is 11.3 Å². The fourth-order valence-electron chi connectivity index (χ4n) is 3.11. The third-order valence-electron chi connectivity index (χ3n) is 4.12. The molecule has 0 aliphatic carbocycles. The molecule has 23 heavy (non-hydrogen) atoms. The fourth-order valence-corrected chi connectivity index (χ4v) is 3.61. The molecule has 4 rings (SSSR count). The van der Waals surface area contributed by atoms with E-state index >= 15 is 0 Å². The second-order valence-corrected chi connectivity index (χ2v) is 6.50. The van der Waals surface area contributed by atoms with Crippen LogP contribution in [0.15, 0.2) is 41.4 Å². The highest BCUT2D eigenvalue weighted by atomic mass is 35.5. The number of halogens is 2. The topological polar surface area (TPSA) is 40.2 Å². The normalized spacial score (nSPS) is 14.1. The van der Waals surface area contributed by atoms with Crippen LogP contribution in [0.25, 0.3) is 22.2 Å². The molecule has 0 saturated heterocycles. The maximum atomic E-state index is 6.43. The van der Waals surface area contributed by atoms with Gasteiger partial charge in [0, 0.05) is 33.1 Å². The number of hydrogen-bond donors (Lipinski definition) is 2. The van der Waals surface area contributed by atoms with Gasteiger partial charge in [-0.3, -0.25) is 4.99 Å². The molecule has 5 heteroatoms. The van der Waals surface area contributed by atoms with E-state index in [1.807, 2.05) is 36.4 Å². The lowest BCUT2D eigenvalue weighted by Crippen LogP contribution is -2.19. The van der Waals surface area contributed by atoms with Gasteiger partial charge >= 0.3 is 0 Å². The minimum absolute atomic E-state index is 0.711. The van der Waals surface area contributed by atoms with E-state index in [1.54, 1.807) is 0 Å². The summed E-state index contributed by atoms with van der Waals surface area (Å²) >= 11 is 12.7. The summed E-state index contributed by atoms with van der Waals surface area (Å²) in [5, 5.41) is 5.86. The minimum Gasteiger partial charge on any atom is -0.368 e. The molecule has 3 nitrogen and oxygen atoms in total. The molecule has 116 valence electrons. The van der Waals surface area contributed by atoms with Crippen LogP contribution in [0.5, 0.6) is 0 Å². The van der Waals surface area contributed by atoms with E-state index in [2.05, 4.69) is 22.2 Å². The van der Waals surface area contributed by atoms with Crippen LogP contribution in [-0.4, -0.2) is 23.9 Å². The van der Waals surface area contributed by atoms with E-state index in [0.717, 1.165) is 57.2 Å². The molecule has 2 heterocycles. The van der Waals surface area contributed by atoms with Crippen molar-refractivity contribution in [1.82, 2.24) is 10.3 Å². The number of H-pyrrole nitrogens is 1. The first-order valence-electron chi connectivity index (χ1n) is 7.50. The number of fused-ring (bicyclic) bond motifs is 1. The number of aromatic amines is 1. The average Bonchev–Trinajstić information content (AvgIpc) is 3.14. The van der Waals surface area contributed by atoms with Gasteiger partial charge in [-0.2, -0.15) is 0 Å². The van der Waals surface area contributed by atoms with Crippen molar-refractivity contribution in [2.75, 3.05) is 13.1 Å². The predicted molar refractivity (Wildman–Crippen MR) is 97.9 cm³/mol. The maximum Gasteiger partial charge on any atom is 0.131 e. The van der Waals surface area contributed by atoms with Gasteiger partial charge in [0.15, 0.2) is 0 Å². The molecule has 1 aromatic heterocycles. The Balaban J connectivity index is 2.09. The molecule has 2 aromatic carbocycles. The zero-order valence-electron chi connectivity index (χ0n) is 12.6. The van der Waals surface area contributed by atoms with E-state index in [1.165, 1.54) is 0 Å². The van der Waals surface area contributed by atoms with E-state index in [-0.39, 0.29) is 0 Å². The number of aromatic nitrogens is 1. The molecule has 0 radical (unpaired) electrons. The average molecular weight is 344 g/mol. The number of nitrogens with one attached hydrogen (secondary N) is 2. The molecule has 0 atom stereocenters. The molecule has 1 aliphatic rings. The number of nitrogens with zero attached hydrogens (tertiary/aromatic N) is 1. The van der Waals surface area contributed by atoms with Gasteiger partial charge in [0.25, 0.3) is 0 Å². The Labute approximate surface area is 144 Å². The molecule has 0 amide bonds. The maximum absolute atomic E-state index is 6.43. The molecular weight excluding hydrogens is 329 g/mol. The summed E-state index contributed by atoms with van der Waals surface area (Å²) in [4.78, 5) is 8.13. The van der Waals surface area contributed by atoms with Crippen molar-refractivity contribution in [2.45, 2.75) is 6.92 Å². The Morgan fingerprint density at radius 1 is 1.13 bits per heavy atom. The Kier molecular flexibility index (Phi) is 3.55. The van der Waals surface area contributed by atoms with E-state index < -0.39 is 0 Å². The Morgan fingerprint density at radius 3 is 2.70 bits per heavy atom. The van der Waals surface area contributed by atoms with Gasteiger partial charge in [-0.05, 0) is 30.7 Å². The van der Waals surface area contributed by atoms with Crippen molar-refractivity contribution in [3.05, 3.63) is 57.6 Å². The van der Waals surface area contributed by atoms with Crippen molar-refractivity contribution >= 4 is 39.9 Å². The predicted octanol–water partition coefficient (Wildman–Crippen LogP) is 4.80. The van der Waals surface area contributed by atoms with Gasteiger partial charge in [-0.25, -0.2) is 0 Å². The zero-order valence-corrected chi connectivity index (χ0v) is 14.1. The number of amidine groups is 1. The Hall–Kier alpha value is -1.97. The first-order valence-corrected chi connectivity index (χ1v) is 8.26. The molecule has 2 N–H and O–H groups in total. The zero-order chi connectivity index (χ0) is 16.0. The van der Waals surface area contributed by atoms with Gasteiger partial charge in [-0.1, -0.05) is 41.4 Å². The monoisotopic (exact) mass is 343 g/mol. The third-order valence-corrected chi connectivity index (χ3v) is 4.67. The van der Waals surface area contributed by atoms with Gasteiger partial charge < -0.3 is 10.3 Å². The summed E-state index contributed by atoms with van der Waals surface area (Å²) in [6, 6.07) is 11.8. The van der Waals surface area contributed by atoms with E-state index in [9.17, 15) is 0 Å². The van der Waals surface area contributed by atoms with Crippen molar-refractivity contribution < 1.29 is 0 Å². The van der Waals surface area contributed by atoms with Crippen LogP contribution < -0.4 is 5.32 Å². The molecule has 0 unspecified atom stereocenters. The van der Waals surface area contributed by atoms with Gasteiger partial charge in [0.2, 0.25) is 0 Å². The molecular formula is C18H15Cl2N3. The van der Waals surface area contributed by atoms with E-state index in [0.29, 0.717) is 5.02 Å². The summed E-state index contributed by atoms with van der Waals surface area (Å²) < 4.78 is 0. The first kappa shape index (κ1) is 14.6. The first-order chi connectivity index (χ1) is 11.1. The van der Waals surface area contributed by atoms with Gasteiger partial charge in [0.05, 0.1) is 17.8 Å². The SMILES string of the molecule is Cc1cc(Cl)cc2c(C3=NCCN3)c(-c3ccccc3Cl)[nH]c12. The third kappa shape index (κ3) is 2.41. The Morgan fingerprint density at radius 2 is 1.96 bits per heavy atom. The molecule has 0 spiro atoms. The van der Waals surface area contributed by atoms with Crippen molar-refractivity contribution in [3.63, 3.8) is 0 Å². The summed E-state index contributed by atoms with van der Waals surface area (Å²) in [5.74, 6) is 0.896. The number of aliphatic imine (C=N–C) groups is 1. The summed E-state index contributed by atoms with van der Waals surface area (Å²) in [6.07, 6.45) is 0. The van der Waals surface area contributed by atoms with Crippen LogP contribution in [0.4, 0.5) is 0 Å². The highest BCUT2D eigenvalue weighted by Crippen LogP contribution is 2.37. The molecule has 1 aliphatic heterocycles. The lowest BCUT2D eigenvalue weighted by molar-refractivity contribution is 0.960. The Bertz CT molecular complexity index is 941. The summed E-state index contributed by atoms with van der Waals surface area (Å²) in [5.41, 5.74) is 5.15. The highest BCUT2D eigenvalue weighted by Gasteiger charge is 2.22. The fraction of sp³-hybridized carbons (Fsp3) is 0.167. The second-order valence-electron chi connectivity index (χ2n) is 5.66. The van der Waals surface area contributed by atoms with Crippen LogP contribution in [0.2, 0.25) is 10.0 Å². The summed E-state index contributed by atoms with van der Waals surface area (Å²) in [6.45, 7) is 3.68. The molecule has 0 bridgehead atoms. The summed E-state index contributed by atoms with van der Waals surface area (Å²) in [7, 11) is 0. The number of hydrogen-bond acceptors (Lipinski definition) is 2. The second kappa shape index (κ2) is 5.59. The lowest BCUT2D eigenvalue weighted by Gasteiger charge is -2.07. The van der Waals surface area contributed by atoms with Crippen molar-refractivity contribution in [1.29, 1.82) is 0 Å². The van der Waals surface area contributed by atoms with E-state index in [4.69, 9.17) is 23.2 Å². The number of benzene rings is 2. The largest absolute Gasteiger partial charge is 0.368 e. The molecule has 0 saturated carbocycles. The highest BCUT2D eigenvalue weighted by molar-refractivity contribution is 6.34. The number of rotatable bonds is 2. The molecule has 3 aromatic rings. The quantitative estimate of drug-likeness (QED) is 0.689. The van der Waals surface area contributed by atoms with Crippen LogP contribution in [0.3, 0.4) is 0 Å². The van der Waals surface area contributed by atoms with Crippen LogP contribution in [-0.2, 0) is 0 Å². The minimum atomic E-state index is 0.711. The van der Waals surface area contributed by atoms with Gasteiger partial charge in [-0.15, -0.1) is 0 Å². The van der Waals surface area contributed by atoms with Crippen LogP contribution >= 0.6 is 23.2 Å². The van der Waals surface area contributed by atoms with Crippen LogP contribution in [0.1, 0.15) is 11.1 Å².